The molecule has 1 heterocycles. The lowest BCUT2D eigenvalue weighted by atomic mass is 10.2. The predicted molar refractivity (Wildman–Crippen MR) is 114 cm³/mol. The minimum absolute atomic E-state index is 0.131. The lowest BCUT2D eigenvalue weighted by molar-refractivity contribution is 0.0684. The summed E-state index contributed by atoms with van der Waals surface area (Å²) < 4.78 is 19.1. The number of halogens is 1. The molecule has 0 aliphatic carbocycles. The number of hydrogen-bond donors (Lipinski definition) is 2. The van der Waals surface area contributed by atoms with Gasteiger partial charge in [-0.2, -0.15) is 0 Å². The van der Waals surface area contributed by atoms with Gasteiger partial charge in [0.15, 0.2) is 5.69 Å². The van der Waals surface area contributed by atoms with Gasteiger partial charge in [0.1, 0.15) is 5.82 Å². The van der Waals surface area contributed by atoms with E-state index in [0.717, 1.165) is 18.5 Å². The van der Waals surface area contributed by atoms with Gasteiger partial charge in [0, 0.05) is 18.3 Å². The number of hydrogen-bond acceptors (Lipinski definition) is 5. The van der Waals surface area contributed by atoms with Crippen LogP contribution in [0.25, 0.3) is 0 Å². The number of benzene rings is 2. The summed E-state index contributed by atoms with van der Waals surface area (Å²) in [5.74, 6) is -0.941. The molecule has 2 aromatic carbocycles. The van der Waals surface area contributed by atoms with Gasteiger partial charge in [-0.1, -0.05) is 36.4 Å². The third-order valence-electron chi connectivity index (χ3n) is 4.00. The summed E-state index contributed by atoms with van der Waals surface area (Å²) in [6, 6.07) is 16.9. The number of aromatic carboxylic acids is 1. The van der Waals surface area contributed by atoms with Gasteiger partial charge in [0.05, 0.1) is 13.2 Å². The second-order valence-electron chi connectivity index (χ2n) is 6.88. The van der Waals surface area contributed by atoms with Crippen LogP contribution in [-0.2, 0) is 6.54 Å². The fraction of sp³-hybridized carbons (Fsp3) is 0.273. The van der Waals surface area contributed by atoms with Crippen LogP contribution in [0, 0.1) is 5.82 Å². The van der Waals surface area contributed by atoms with Crippen molar-refractivity contribution in [3.05, 3.63) is 77.7 Å². The van der Waals surface area contributed by atoms with Crippen molar-refractivity contribution in [1.82, 2.24) is 14.7 Å². The zero-order chi connectivity index (χ0) is 21.9. The number of nitrogens with zero attached hydrogens (tertiary/aromatic N) is 3. The monoisotopic (exact) mass is 414 g/mol. The lowest BCUT2D eigenvalue weighted by Crippen LogP contribution is -2.15. The summed E-state index contributed by atoms with van der Waals surface area (Å²) >= 11 is 0. The van der Waals surface area contributed by atoms with Crippen LogP contribution in [0.3, 0.4) is 0 Å². The average molecular weight is 414 g/mol. The van der Waals surface area contributed by atoms with Gasteiger partial charge in [-0.25, -0.2) is 13.9 Å². The second kappa shape index (κ2) is 11.6. The van der Waals surface area contributed by atoms with Crippen LogP contribution in [-0.4, -0.2) is 53.0 Å². The molecular weight excluding hydrogens is 387 g/mol. The van der Waals surface area contributed by atoms with Crippen LogP contribution in [0.5, 0.6) is 5.88 Å². The first kappa shape index (κ1) is 22.9. The standard InChI is InChI=1S/C16H21N3O3.C6H6FN/c1-18(2)9-6-10-22-15-11-14(16(20)21)19(17-15)12-13-7-4-3-5-8-13;7-5-2-1-3-6(8)4-5/h3-5,7-8,11H,6,9-10,12H2,1-2H3,(H,20,21);1-4H,8H2. The van der Waals surface area contributed by atoms with Crippen molar-refractivity contribution >= 4 is 11.7 Å². The molecule has 0 saturated carbocycles. The number of aromatic nitrogens is 2. The highest BCUT2D eigenvalue weighted by Crippen LogP contribution is 2.14. The molecule has 3 N–H and O–H groups in total. The Morgan fingerprint density at radius 1 is 1.17 bits per heavy atom. The Balaban J connectivity index is 0.000000335. The molecule has 30 heavy (non-hydrogen) atoms. The predicted octanol–water partition coefficient (Wildman–Crippen LogP) is 3.37. The highest BCUT2D eigenvalue weighted by molar-refractivity contribution is 5.86. The summed E-state index contributed by atoms with van der Waals surface area (Å²) in [5, 5.41) is 13.5. The average Bonchev–Trinajstić information content (AvgIpc) is 3.09. The van der Waals surface area contributed by atoms with Gasteiger partial charge in [0.25, 0.3) is 0 Å². The van der Waals surface area contributed by atoms with Crippen molar-refractivity contribution in [2.24, 2.45) is 0 Å². The molecule has 0 saturated heterocycles. The Morgan fingerprint density at radius 3 is 2.47 bits per heavy atom. The van der Waals surface area contributed by atoms with Gasteiger partial charge >= 0.3 is 5.97 Å². The summed E-state index contributed by atoms with van der Waals surface area (Å²) in [4.78, 5) is 13.4. The van der Waals surface area contributed by atoms with E-state index in [2.05, 4.69) is 10.00 Å². The maximum atomic E-state index is 12.1. The minimum atomic E-state index is -1.01. The van der Waals surface area contributed by atoms with E-state index < -0.39 is 5.97 Å². The maximum absolute atomic E-state index is 12.1. The highest BCUT2D eigenvalue weighted by atomic mass is 19.1. The van der Waals surface area contributed by atoms with Crippen LogP contribution in [0.2, 0.25) is 0 Å². The number of nitrogen functional groups attached to an aromatic ring is 1. The van der Waals surface area contributed by atoms with Crippen LogP contribution in [0.1, 0.15) is 22.5 Å². The zero-order valence-electron chi connectivity index (χ0n) is 17.2. The molecule has 0 spiro atoms. The van der Waals surface area contributed by atoms with E-state index in [1.165, 1.54) is 22.9 Å². The Kier molecular flexibility index (Phi) is 8.83. The third-order valence-corrected chi connectivity index (χ3v) is 4.00. The Morgan fingerprint density at radius 2 is 1.90 bits per heavy atom. The van der Waals surface area contributed by atoms with E-state index in [9.17, 15) is 14.3 Å². The second-order valence-corrected chi connectivity index (χ2v) is 6.88. The SMILES string of the molecule is CN(C)CCCOc1cc(C(=O)O)n(Cc2ccccc2)n1.Nc1cccc(F)c1. The molecule has 160 valence electrons. The van der Waals surface area contributed by atoms with E-state index in [1.54, 1.807) is 12.1 Å². The van der Waals surface area contributed by atoms with Gasteiger partial charge in [-0.3, -0.25) is 0 Å². The van der Waals surface area contributed by atoms with E-state index in [0.29, 0.717) is 24.7 Å². The highest BCUT2D eigenvalue weighted by Gasteiger charge is 2.15. The summed E-state index contributed by atoms with van der Waals surface area (Å²) in [6.07, 6.45) is 0.862. The molecule has 0 amide bonds. The number of carbonyl (C=O) groups is 1. The number of anilines is 1. The minimum Gasteiger partial charge on any atom is -0.477 e. The van der Waals surface area contributed by atoms with Gasteiger partial charge < -0.3 is 20.5 Å². The summed E-state index contributed by atoms with van der Waals surface area (Å²) in [7, 11) is 3.99. The largest absolute Gasteiger partial charge is 0.477 e. The van der Waals surface area contributed by atoms with Crippen molar-refractivity contribution < 1.29 is 19.0 Å². The molecular formula is C22H27FN4O3. The number of carboxylic acid groups (broad SMARTS) is 1. The van der Waals surface area contributed by atoms with Crippen molar-refractivity contribution in [3.63, 3.8) is 0 Å². The third kappa shape index (κ3) is 7.92. The van der Waals surface area contributed by atoms with Crippen LogP contribution < -0.4 is 10.5 Å². The van der Waals surface area contributed by atoms with Crippen molar-refractivity contribution in [3.8, 4) is 5.88 Å². The molecule has 0 radical (unpaired) electrons. The molecule has 0 fully saturated rings. The normalized spacial score (nSPS) is 10.4. The Labute approximate surface area is 175 Å². The first-order valence-corrected chi connectivity index (χ1v) is 9.49. The first-order chi connectivity index (χ1) is 14.3. The van der Waals surface area contributed by atoms with Crippen LogP contribution in [0.15, 0.2) is 60.7 Å². The Bertz CT molecular complexity index is 912. The molecule has 0 unspecified atom stereocenters. The molecule has 0 aliphatic rings. The van der Waals surface area contributed by atoms with E-state index in [1.807, 2.05) is 44.4 Å². The summed E-state index contributed by atoms with van der Waals surface area (Å²) in [5.41, 5.74) is 6.81. The molecule has 3 aromatic rings. The van der Waals surface area contributed by atoms with E-state index in [4.69, 9.17) is 10.5 Å². The Hall–Kier alpha value is -3.39. The zero-order valence-corrected chi connectivity index (χ0v) is 17.2. The number of carboxylic acids is 1. The molecule has 8 heteroatoms. The molecule has 7 nitrogen and oxygen atoms in total. The van der Waals surface area contributed by atoms with Gasteiger partial charge in [0.2, 0.25) is 5.88 Å². The quantitative estimate of drug-likeness (QED) is 0.434. The fourth-order valence-electron chi connectivity index (χ4n) is 2.58. The maximum Gasteiger partial charge on any atom is 0.354 e. The van der Waals surface area contributed by atoms with Crippen LogP contribution >= 0.6 is 0 Å². The molecule has 1 aromatic heterocycles. The van der Waals surface area contributed by atoms with Crippen molar-refractivity contribution in [2.45, 2.75) is 13.0 Å². The van der Waals surface area contributed by atoms with Gasteiger partial charge in [-0.05, 0) is 44.3 Å². The van der Waals surface area contributed by atoms with Crippen molar-refractivity contribution in [1.29, 1.82) is 0 Å². The fourth-order valence-corrected chi connectivity index (χ4v) is 2.58. The first-order valence-electron chi connectivity index (χ1n) is 9.49. The number of ether oxygens (including phenoxy) is 1. The van der Waals surface area contributed by atoms with E-state index in [-0.39, 0.29) is 11.5 Å². The number of rotatable bonds is 8. The van der Waals surface area contributed by atoms with E-state index >= 15 is 0 Å². The molecule has 3 rings (SSSR count). The lowest BCUT2D eigenvalue weighted by Gasteiger charge is -2.08. The topological polar surface area (TPSA) is 93.6 Å². The molecule has 0 atom stereocenters. The van der Waals surface area contributed by atoms with Crippen LogP contribution in [0.4, 0.5) is 10.1 Å². The van der Waals surface area contributed by atoms with Gasteiger partial charge in [-0.15, -0.1) is 5.10 Å². The smallest absolute Gasteiger partial charge is 0.354 e. The van der Waals surface area contributed by atoms with Crippen molar-refractivity contribution in [2.75, 3.05) is 33.0 Å². The molecule has 0 bridgehead atoms. The molecule has 0 aliphatic heterocycles. The summed E-state index contributed by atoms with van der Waals surface area (Å²) in [6.45, 7) is 1.83. The number of nitrogens with two attached hydrogens (primary N) is 1.